The molecule has 1 heterocycles. The van der Waals surface area contributed by atoms with E-state index >= 15 is 0 Å². The van der Waals surface area contributed by atoms with Crippen LogP contribution in [0.4, 0.5) is 0 Å². The highest BCUT2D eigenvalue weighted by Crippen LogP contribution is 2.22. The zero-order valence-corrected chi connectivity index (χ0v) is 19.3. The Labute approximate surface area is 183 Å². The van der Waals surface area contributed by atoms with Crippen LogP contribution in [-0.2, 0) is 21.2 Å². The van der Waals surface area contributed by atoms with Crippen molar-refractivity contribution >= 4 is 60.7 Å². The zero-order valence-electron chi connectivity index (χ0n) is 16.1. The lowest BCUT2D eigenvalue weighted by Crippen LogP contribution is -2.19. The number of hydrogen-bond acceptors (Lipinski definition) is 5. The van der Waals surface area contributed by atoms with Gasteiger partial charge in [-0.05, 0) is 43.5 Å². The SMILES string of the molecule is CSCCn1c(=NC(=O)CCS(=O)(=O)c2ccc(C)cc2)sc2cc(Cl)ccc21. The molecule has 1 aromatic heterocycles. The molecule has 0 aliphatic rings. The molecule has 0 radical (unpaired) electrons. The van der Waals surface area contributed by atoms with E-state index in [4.69, 9.17) is 11.6 Å². The number of aryl methyl sites for hydroxylation is 2. The highest BCUT2D eigenvalue weighted by atomic mass is 35.5. The van der Waals surface area contributed by atoms with Crippen LogP contribution in [0.2, 0.25) is 5.02 Å². The summed E-state index contributed by atoms with van der Waals surface area (Å²) in [5.74, 6) is 0.161. The average Bonchev–Trinajstić information content (AvgIpc) is 3.01. The van der Waals surface area contributed by atoms with Crippen LogP contribution >= 0.6 is 34.7 Å². The molecule has 29 heavy (non-hydrogen) atoms. The first-order valence-corrected chi connectivity index (χ1v) is 13.2. The topological polar surface area (TPSA) is 68.5 Å². The van der Waals surface area contributed by atoms with E-state index < -0.39 is 15.7 Å². The number of halogens is 1. The number of nitrogens with zero attached hydrogens (tertiary/aromatic N) is 2. The van der Waals surface area contributed by atoms with E-state index in [-0.39, 0.29) is 17.1 Å². The lowest BCUT2D eigenvalue weighted by Gasteiger charge is -2.04. The summed E-state index contributed by atoms with van der Waals surface area (Å²) in [5.41, 5.74) is 1.95. The van der Waals surface area contributed by atoms with Crippen molar-refractivity contribution in [3.05, 3.63) is 57.9 Å². The maximum Gasteiger partial charge on any atom is 0.249 e. The van der Waals surface area contributed by atoms with Crippen LogP contribution in [0.25, 0.3) is 10.2 Å². The normalized spacial score (nSPS) is 12.6. The Hall–Kier alpha value is -1.61. The molecule has 0 saturated carbocycles. The number of sulfone groups is 1. The average molecular weight is 469 g/mol. The molecule has 5 nitrogen and oxygen atoms in total. The molecule has 0 saturated heterocycles. The maximum atomic E-state index is 12.5. The molecule has 0 spiro atoms. The second kappa shape index (κ2) is 9.47. The summed E-state index contributed by atoms with van der Waals surface area (Å²) >= 11 is 9.17. The number of thioether (sulfide) groups is 1. The van der Waals surface area contributed by atoms with Gasteiger partial charge in [-0.2, -0.15) is 16.8 Å². The van der Waals surface area contributed by atoms with Gasteiger partial charge in [-0.3, -0.25) is 4.79 Å². The van der Waals surface area contributed by atoms with Gasteiger partial charge in [0, 0.05) is 23.7 Å². The molecule has 0 N–H and O–H groups in total. The third kappa shape index (κ3) is 5.51. The molecule has 1 amide bonds. The predicted octanol–water partition coefficient (Wildman–Crippen LogP) is 4.32. The summed E-state index contributed by atoms with van der Waals surface area (Å²) in [7, 11) is -3.52. The second-order valence-corrected chi connectivity index (χ2v) is 11.1. The molecule has 0 unspecified atom stereocenters. The summed E-state index contributed by atoms with van der Waals surface area (Å²) in [5, 5.41) is 0.623. The van der Waals surface area contributed by atoms with Crippen molar-refractivity contribution in [1.82, 2.24) is 4.57 Å². The predicted molar refractivity (Wildman–Crippen MR) is 122 cm³/mol. The van der Waals surface area contributed by atoms with Crippen molar-refractivity contribution in [3.63, 3.8) is 0 Å². The van der Waals surface area contributed by atoms with Gasteiger partial charge in [0.05, 0.1) is 20.9 Å². The highest BCUT2D eigenvalue weighted by Gasteiger charge is 2.16. The molecule has 0 aliphatic carbocycles. The van der Waals surface area contributed by atoms with Crippen molar-refractivity contribution in [2.24, 2.45) is 4.99 Å². The van der Waals surface area contributed by atoms with Gasteiger partial charge in [-0.15, -0.1) is 0 Å². The van der Waals surface area contributed by atoms with Gasteiger partial charge in [0.25, 0.3) is 0 Å². The Kier molecular flexibility index (Phi) is 7.21. The first kappa shape index (κ1) is 22.1. The van der Waals surface area contributed by atoms with Crippen LogP contribution in [0.3, 0.4) is 0 Å². The quantitative estimate of drug-likeness (QED) is 0.517. The van der Waals surface area contributed by atoms with Gasteiger partial charge in [0.1, 0.15) is 0 Å². The van der Waals surface area contributed by atoms with Gasteiger partial charge in [0.15, 0.2) is 14.6 Å². The van der Waals surface area contributed by atoms with E-state index in [0.717, 1.165) is 21.5 Å². The first-order valence-electron chi connectivity index (χ1n) is 8.95. The number of hydrogen-bond donors (Lipinski definition) is 0. The third-order valence-electron chi connectivity index (χ3n) is 4.35. The van der Waals surface area contributed by atoms with E-state index in [1.807, 2.05) is 35.9 Å². The van der Waals surface area contributed by atoms with Gasteiger partial charge in [-0.1, -0.05) is 40.6 Å². The number of carbonyl (C=O) groups is 1. The Bertz CT molecular complexity index is 1200. The Balaban J connectivity index is 1.84. The maximum absolute atomic E-state index is 12.5. The minimum atomic E-state index is -3.52. The van der Waals surface area contributed by atoms with Crippen molar-refractivity contribution < 1.29 is 13.2 Å². The smallest absolute Gasteiger partial charge is 0.249 e. The van der Waals surface area contributed by atoms with Crippen molar-refractivity contribution in [3.8, 4) is 0 Å². The number of rotatable bonds is 7. The number of carbonyl (C=O) groups excluding carboxylic acids is 1. The summed E-state index contributed by atoms with van der Waals surface area (Å²) in [6.45, 7) is 2.60. The Morgan fingerprint density at radius 3 is 2.62 bits per heavy atom. The van der Waals surface area contributed by atoms with Crippen LogP contribution in [0.1, 0.15) is 12.0 Å². The van der Waals surface area contributed by atoms with E-state index in [0.29, 0.717) is 16.4 Å². The Morgan fingerprint density at radius 2 is 1.93 bits per heavy atom. The standard InChI is InChI=1S/C20H21ClN2O3S3/c1-14-3-6-16(7-4-14)29(25,26)12-9-19(24)22-20-23(10-11-27-2)17-8-5-15(21)13-18(17)28-20/h3-8,13H,9-12H2,1-2H3. The van der Waals surface area contributed by atoms with Crippen LogP contribution < -0.4 is 4.80 Å². The van der Waals surface area contributed by atoms with Crippen molar-refractivity contribution in [2.45, 2.75) is 24.8 Å². The molecule has 0 bridgehead atoms. The fraction of sp³-hybridized carbons (Fsp3) is 0.300. The monoisotopic (exact) mass is 468 g/mol. The first-order chi connectivity index (χ1) is 13.8. The van der Waals surface area contributed by atoms with Crippen LogP contribution in [-0.4, -0.2) is 36.7 Å². The lowest BCUT2D eigenvalue weighted by atomic mass is 10.2. The second-order valence-electron chi connectivity index (χ2n) is 6.53. The number of amides is 1. The molecule has 0 atom stereocenters. The van der Waals surface area contributed by atoms with Crippen molar-refractivity contribution in [1.29, 1.82) is 0 Å². The minimum Gasteiger partial charge on any atom is -0.316 e. The highest BCUT2D eigenvalue weighted by molar-refractivity contribution is 7.98. The minimum absolute atomic E-state index is 0.159. The fourth-order valence-electron chi connectivity index (χ4n) is 2.78. The van der Waals surface area contributed by atoms with E-state index in [1.54, 1.807) is 36.0 Å². The summed E-state index contributed by atoms with van der Waals surface area (Å²) < 4.78 is 27.9. The van der Waals surface area contributed by atoms with Crippen LogP contribution in [0.5, 0.6) is 0 Å². The summed E-state index contributed by atoms with van der Waals surface area (Å²) in [4.78, 5) is 17.4. The molecule has 3 rings (SSSR count). The van der Waals surface area contributed by atoms with E-state index in [1.165, 1.54) is 11.3 Å². The molecule has 154 valence electrons. The van der Waals surface area contributed by atoms with Crippen LogP contribution in [0.15, 0.2) is 52.4 Å². The number of aromatic nitrogens is 1. The molecular formula is C20H21ClN2O3S3. The number of benzene rings is 2. The largest absolute Gasteiger partial charge is 0.316 e. The fourth-order valence-corrected chi connectivity index (χ4v) is 5.72. The molecule has 0 fully saturated rings. The molecule has 3 aromatic rings. The molecular weight excluding hydrogens is 448 g/mol. The molecule has 2 aromatic carbocycles. The Morgan fingerprint density at radius 1 is 1.21 bits per heavy atom. The summed E-state index contributed by atoms with van der Waals surface area (Å²) in [6, 6.07) is 12.2. The number of thiazole rings is 1. The third-order valence-corrected chi connectivity index (χ3v) is 7.95. The van der Waals surface area contributed by atoms with Gasteiger partial charge in [0.2, 0.25) is 5.91 Å². The molecule has 0 aliphatic heterocycles. The number of fused-ring (bicyclic) bond motifs is 1. The van der Waals surface area contributed by atoms with E-state index in [9.17, 15) is 13.2 Å². The van der Waals surface area contributed by atoms with Gasteiger partial charge in [-0.25, -0.2) is 8.42 Å². The van der Waals surface area contributed by atoms with Crippen molar-refractivity contribution in [2.75, 3.05) is 17.8 Å². The van der Waals surface area contributed by atoms with E-state index in [2.05, 4.69) is 4.99 Å². The van der Waals surface area contributed by atoms with Gasteiger partial charge < -0.3 is 4.57 Å². The summed E-state index contributed by atoms with van der Waals surface area (Å²) in [6.07, 6.45) is 1.86. The van der Waals surface area contributed by atoms with Crippen LogP contribution in [0, 0.1) is 6.92 Å². The molecule has 9 heteroatoms. The van der Waals surface area contributed by atoms with Gasteiger partial charge >= 0.3 is 0 Å². The lowest BCUT2D eigenvalue weighted by molar-refractivity contribution is -0.117. The zero-order chi connectivity index (χ0) is 21.0.